The van der Waals surface area contributed by atoms with Crippen molar-refractivity contribution in [2.24, 2.45) is 17.3 Å². The Bertz CT molecular complexity index is 510. The molecule has 0 unspecified atom stereocenters. The van der Waals surface area contributed by atoms with Crippen LogP contribution >= 0.6 is 0 Å². The zero-order valence-electron chi connectivity index (χ0n) is 18.5. The monoisotopic (exact) mass is 365 g/mol. The van der Waals surface area contributed by atoms with Gasteiger partial charge in [0.2, 0.25) is 5.91 Å². The van der Waals surface area contributed by atoms with Crippen molar-refractivity contribution in [2.45, 2.75) is 111 Å². The molecule has 26 heavy (non-hydrogen) atoms. The number of rotatable bonds is 4. The third-order valence-electron chi connectivity index (χ3n) is 6.93. The summed E-state index contributed by atoms with van der Waals surface area (Å²) in [5, 5.41) is 3.21. The van der Waals surface area contributed by atoms with Crippen LogP contribution in [0.2, 0.25) is 6.32 Å². The molecule has 150 valence electrons. The van der Waals surface area contributed by atoms with Gasteiger partial charge in [-0.05, 0) is 79.5 Å². The number of amides is 1. The van der Waals surface area contributed by atoms with Gasteiger partial charge in [0.25, 0.3) is 0 Å². The number of nitrogens with one attached hydrogen (secondary N) is 1. The number of hydrogen-bond acceptors (Lipinski definition) is 3. The Kier molecular flexibility index (Phi) is 5.96. The minimum absolute atomic E-state index is 0.131. The van der Waals surface area contributed by atoms with Crippen LogP contribution in [0.25, 0.3) is 0 Å². The fraction of sp³-hybridized carbons (Fsp3) is 0.952. The Morgan fingerprint density at radius 1 is 1.08 bits per heavy atom. The molecule has 2 rings (SSSR count). The second-order valence-electron chi connectivity index (χ2n) is 10.9. The van der Waals surface area contributed by atoms with Gasteiger partial charge in [-0.1, -0.05) is 26.7 Å². The quantitative estimate of drug-likeness (QED) is 0.726. The van der Waals surface area contributed by atoms with Crippen molar-refractivity contribution in [1.29, 1.82) is 0 Å². The zero-order valence-corrected chi connectivity index (χ0v) is 18.5. The summed E-state index contributed by atoms with van der Waals surface area (Å²) in [4.78, 5) is 13.0. The van der Waals surface area contributed by atoms with E-state index in [-0.39, 0.29) is 35.2 Å². The molecular formula is C21H40BNO3. The minimum Gasteiger partial charge on any atom is -0.403 e. The molecular weight excluding hydrogens is 325 g/mol. The Labute approximate surface area is 161 Å². The molecule has 0 aromatic rings. The van der Waals surface area contributed by atoms with E-state index in [1.165, 1.54) is 6.42 Å². The molecule has 0 spiro atoms. The number of hydrogen-bond donors (Lipinski definition) is 1. The summed E-state index contributed by atoms with van der Waals surface area (Å²) < 4.78 is 12.3. The second-order valence-corrected chi connectivity index (χ2v) is 10.9. The van der Waals surface area contributed by atoms with E-state index in [1.54, 1.807) is 0 Å². The Morgan fingerprint density at radius 2 is 1.62 bits per heavy atom. The first-order valence-corrected chi connectivity index (χ1v) is 10.3. The van der Waals surface area contributed by atoms with E-state index in [2.05, 4.69) is 67.6 Å². The lowest BCUT2D eigenvalue weighted by Gasteiger charge is -2.43. The maximum Gasteiger partial charge on any atom is 0.457 e. The minimum atomic E-state index is -0.286. The van der Waals surface area contributed by atoms with Crippen LogP contribution < -0.4 is 5.32 Å². The van der Waals surface area contributed by atoms with E-state index in [1.807, 2.05) is 0 Å². The molecule has 1 aliphatic heterocycles. The Hall–Kier alpha value is -0.545. The van der Waals surface area contributed by atoms with Crippen LogP contribution in [0.3, 0.4) is 0 Å². The second kappa shape index (κ2) is 7.12. The van der Waals surface area contributed by atoms with Crippen molar-refractivity contribution in [1.82, 2.24) is 5.32 Å². The topological polar surface area (TPSA) is 47.6 Å². The van der Waals surface area contributed by atoms with Gasteiger partial charge in [0.15, 0.2) is 0 Å². The van der Waals surface area contributed by atoms with Crippen molar-refractivity contribution in [3.05, 3.63) is 0 Å². The molecule has 1 saturated carbocycles. The van der Waals surface area contributed by atoms with Crippen LogP contribution in [0.5, 0.6) is 0 Å². The largest absolute Gasteiger partial charge is 0.457 e. The molecule has 3 atom stereocenters. The Morgan fingerprint density at radius 3 is 2.12 bits per heavy atom. The standard InChI is InChI=1S/C21H40BNO3/c1-15-10-11-16(14-21(15,9)17(24)23-18(2,3)4)12-13-22-25-19(5,6)20(7,8)26-22/h15-16H,10-14H2,1-9H3,(H,23,24)/t15-,16-,21-/m0/s1. The molecule has 0 bridgehead atoms. The molecule has 0 radical (unpaired) electrons. The normalized spacial score (nSPS) is 34.0. The van der Waals surface area contributed by atoms with Gasteiger partial charge in [-0.15, -0.1) is 0 Å². The highest BCUT2D eigenvalue weighted by molar-refractivity contribution is 6.45. The van der Waals surface area contributed by atoms with Crippen molar-refractivity contribution in [2.75, 3.05) is 0 Å². The summed E-state index contributed by atoms with van der Waals surface area (Å²) in [5.74, 6) is 1.18. The molecule has 0 aromatic heterocycles. The van der Waals surface area contributed by atoms with Crippen molar-refractivity contribution in [3.63, 3.8) is 0 Å². The molecule has 2 aliphatic rings. The van der Waals surface area contributed by atoms with Crippen molar-refractivity contribution in [3.8, 4) is 0 Å². The predicted octanol–water partition coefficient (Wildman–Crippen LogP) is 4.83. The smallest absolute Gasteiger partial charge is 0.403 e. The molecule has 2 fully saturated rings. The lowest BCUT2D eigenvalue weighted by atomic mass is 9.62. The summed E-state index contributed by atoms with van der Waals surface area (Å²) in [6.07, 6.45) is 5.22. The summed E-state index contributed by atoms with van der Waals surface area (Å²) in [5.41, 5.74) is -0.999. The van der Waals surface area contributed by atoms with Crippen LogP contribution in [0, 0.1) is 17.3 Å². The first kappa shape index (κ1) is 21.8. The molecule has 1 heterocycles. The average molecular weight is 365 g/mol. The van der Waals surface area contributed by atoms with Gasteiger partial charge in [0.05, 0.1) is 11.2 Å². The van der Waals surface area contributed by atoms with Gasteiger partial charge in [0.1, 0.15) is 0 Å². The molecule has 5 heteroatoms. The van der Waals surface area contributed by atoms with E-state index in [0.717, 1.165) is 25.6 Å². The van der Waals surface area contributed by atoms with E-state index in [4.69, 9.17) is 9.31 Å². The summed E-state index contributed by atoms with van der Waals surface area (Å²) in [6, 6.07) is 0. The van der Waals surface area contributed by atoms with Crippen molar-refractivity contribution < 1.29 is 14.1 Å². The maximum absolute atomic E-state index is 13.0. The maximum atomic E-state index is 13.0. The van der Waals surface area contributed by atoms with E-state index >= 15 is 0 Å². The molecule has 4 nitrogen and oxygen atoms in total. The summed E-state index contributed by atoms with van der Waals surface area (Å²) >= 11 is 0. The molecule has 1 aliphatic carbocycles. The summed E-state index contributed by atoms with van der Waals surface area (Å²) in [6.45, 7) is 18.9. The summed E-state index contributed by atoms with van der Waals surface area (Å²) in [7, 11) is -0.131. The van der Waals surface area contributed by atoms with Crippen LogP contribution in [0.15, 0.2) is 0 Å². The SMILES string of the molecule is C[C@H]1CC[C@@H](CCB2OC(C)(C)C(C)(C)O2)C[C@]1(C)C(=O)NC(C)(C)C. The Balaban J connectivity index is 1.95. The highest BCUT2D eigenvalue weighted by Crippen LogP contribution is 2.46. The van der Waals surface area contributed by atoms with Gasteiger partial charge in [0, 0.05) is 11.0 Å². The fourth-order valence-corrected chi connectivity index (χ4v) is 4.21. The van der Waals surface area contributed by atoms with Crippen molar-refractivity contribution >= 4 is 13.0 Å². The lowest BCUT2D eigenvalue weighted by molar-refractivity contribution is -0.137. The van der Waals surface area contributed by atoms with Crippen LogP contribution in [-0.4, -0.2) is 29.8 Å². The zero-order chi connectivity index (χ0) is 20.0. The molecule has 1 N–H and O–H groups in total. The third-order valence-corrected chi connectivity index (χ3v) is 6.93. The van der Waals surface area contributed by atoms with Gasteiger partial charge in [-0.25, -0.2) is 0 Å². The number of carbonyl (C=O) groups is 1. The lowest BCUT2D eigenvalue weighted by Crippen LogP contribution is -2.52. The average Bonchev–Trinajstić information content (AvgIpc) is 2.66. The van der Waals surface area contributed by atoms with Gasteiger partial charge in [-0.2, -0.15) is 0 Å². The van der Waals surface area contributed by atoms with E-state index < -0.39 is 0 Å². The van der Waals surface area contributed by atoms with Gasteiger partial charge < -0.3 is 14.6 Å². The van der Waals surface area contributed by atoms with Crippen LogP contribution in [0.1, 0.15) is 88.0 Å². The first-order valence-electron chi connectivity index (χ1n) is 10.3. The molecule has 0 aromatic carbocycles. The van der Waals surface area contributed by atoms with Gasteiger partial charge in [-0.3, -0.25) is 4.79 Å². The van der Waals surface area contributed by atoms with Crippen LogP contribution in [0.4, 0.5) is 0 Å². The predicted molar refractivity (Wildman–Crippen MR) is 108 cm³/mol. The first-order chi connectivity index (χ1) is 11.7. The van der Waals surface area contributed by atoms with Gasteiger partial charge >= 0.3 is 7.12 Å². The highest BCUT2D eigenvalue weighted by Gasteiger charge is 2.51. The molecule has 1 amide bonds. The van der Waals surface area contributed by atoms with Crippen LogP contribution in [-0.2, 0) is 14.1 Å². The highest BCUT2D eigenvalue weighted by atomic mass is 16.7. The fourth-order valence-electron chi connectivity index (χ4n) is 4.21. The van der Waals surface area contributed by atoms with E-state index in [0.29, 0.717) is 11.8 Å². The number of carbonyl (C=O) groups excluding carboxylic acids is 1. The van der Waals surface area contributed by atoms with E-state index in [9.17, 15) is 4.79 Å². The molecule has 1 saturated heterocycles. The third kappa shape index (κ3) is 4.65.